The normalized spacial score (nSPS) is 20.1. The van der Waals surface area contributed by atoms with Gasteiger partial charge < -0.3 is 132 Å². The predicted molar refractivity (Wildman–Crippen MR) is 422 cm³/mol. The van der Waals surface area contributed by atoms with Crippen molar-refractivity contribution in [1.82, 2.24) is 85.1 Å². The fourth-order valence-corrected chi connectivity index (χ4v) is 11.7. The molecule has 0 saturated carbocycles. The molecule has 1 heterocycles. The van der Waals surface area contributed by atoms with E-state index in [4.69, 9.17) is 16.6 Å². The maximum Gasteiger partial charge on any atom is 0.305 e. The van der Waals surface area contributed by atoms with Gasteiger partial charge in [0.05, 0.1) is 19.3 Å². The Bertz CT molecular complexity index is 3920. The quantitative estimate of drug-likeness (QED) is 0.0199. The number of unbranched alkanes of at least 4 members (excludes halogenated alkanes) is 1. The van der Waals surface area contributed by atoms with Crippen LogP contribution in [0.1, 0.15) is 198 Å². The Hall–Kier alpha value is -13.0. The third-order valence-corrected chi connectivity index (χ3v) is 18.9. The SMILES string of the molecule is CC(=O)N[C@@H](C)C(=O)N[C@H](C(=O)N[C@@H](CCC(=O)O)C(=O)N[C@@H](C)C(=O)N[C@@H](CCC(=O)O)C(=O)N[C@]1(C)CCC/C=C\CCC[C@](C)(C(=O)N[C@@H](C)C(=O)N[C@@H](CCCCN)C(=O)N[C@@H](CC(=O)O)C(=O)N[C@@H](CCC(=O)O)C(=O)N[C@@H](C)C(=O)N[C@@H](CCC(=O)O)C(N)=O)NC(=O)[C@H](CC(=O)O)NC(=O)[C@H](C)NC(=O)[C@H](CC(=O)O)NC1=O)C(C)C. The van der Waals surface area contributed by atoms with Crippen molar-refractivity contribution in [2.45, 2.75) is 293 Å². The number of amides is 17. The number of nitrogens with two attached hydrogens (primary N) is 2. The molecule has 0 spiro atoms. The number of primary amides is 1. The van der Waals surface area contributed by atoms with Gasteiger partial charge in [-0.15, -0.1) is 0 Å². The van der Waals surface area contributed by atoms with E-state index in [1.807, 2.05) is 0 Å². The number of hydrogen-bond acceptors (Lipinski definition) is 25. The summed E-state index contributed by atoms with van der Waals surface area (Å²) in [6, 6.07) is -24.4. The molecule has 49 heteroatoms. The zero-order chi connectivity index (χ0) is 94.1. The maximum atomic E-state index is 14.6. The minimum absolute atomic E-state index is 0.0227. The summed E-state index contributed by atoms with van der Waals surface area (Å²) in [5.41, 5.74) is 6.53. The maximum absolute atomic E-state index is 14.6. The molecule has 1 aliphatic heterocycles. The van der Waals surface area contributed by atoms with Crippen LogP contribution < -0.4 is 96.5 Å². The van der Waals surface area contributed by atoms with Crippen molar-refractivity contribution in [2.75, 3.05) is 6.54 Å². The van der Waals surface area contributed by atoms with Crippen LogP contribution in [0, 0.1) is 5.92 Å². The van der Waals surface area contributed by atoms with Gasteiger partial charge >= 0.3 is 41.8 Å². The molecule has 0 radical (unpaired) electrons. The predicted octanol–water partition coefficient (Wildman–Crippen LogP) is -7.29. The number of nitrogens with one attached hydrogen (secondary N) is 16. The molecule has 0 unspecified atom stereocenters. The fraction of sp³-hybridized carbons (Fsp3) is 0.649. The molecule has 16 atom stereocenters. The van der Waals surface area contributed by atoms with Gasteiger partial charge in [-0.05, 0) is 144 Å². The van der Waals surface area contributed by atoms with Crippen molar-refractivity contribution in [3.63, 3.8) is 0 Å². The number of carboxylic acid groups (broad SMARTS) is 7. The second-order valence-corrected chi connectivity index (χ2v) is 30.1. The Morgan fingerprint density at radius 2 is 0.805 bits per heavy atom. The van der Waals surface area contributed by atoms with E-state index in [0.717, 1.165) is 48.5 Å². The molecule has 0 aliphatic carbocycles. The molecule has 17 amide bonds. The highest BCUT2D eigenvalue weighted by Crippen LogP contribution is 2.21. The second kappa shape index (κ2) is 52.9. The zero-order valence-electron chi connectivity index (χ0n) is 69.7. The number of carboxylic acids is 7. The average Bonchev–Trinajstić information content (AvgIpc) is 0.995. The van der Waals surface area contributed by atoms with E-state index in [1.165, 1.54) is 20.8 Å². The highest BCUT2D eigenvalue weighted by molar-refractivity contribution is 6.03. The minimum atomic E-state index is -2.26. The van der Waals surface area contributed by atoms with Crippen LogP contribution in [0.15, 0.2) is 12.2 Å². The Morgan fingerprint density at radius 3 is 1.24 bits per heavy atom. The Kier molecular flexibility index (Phi) is 46.4. The lowest BCUT2D eigenvalue weighted by Crippen LogP contribution is -2.64. The molecule has 27 N–H and O–H groups in total. The zero-order valence-corrected chi connectivity index (χ0v) is 69.7. The largest absolute Gasteiger partial charge is 0.481 e. The van der Waals surface area contributed by atoms with Crippen molar-refractivity contribution >= 4 is 142 Å². The molecule has 0 saturated heterocycles. The molecule has 0 bridgehead atoms. The summed E-state index contributed by atoms with van der Waals surface area (Å²) < 4.78 is 0. The number of allylic oxidation sites excluding steroid dienone is 2. The van der Waals surface area contributed by atoms with Crippen LogP contribution in [0.2, 0.25) is 0 Å². The van der Waals surface area contributed by atoms with Gasteiger partial charge in [0.15, 0.2) is 0 Å². The standard InChI is InChI=1S/C74H116N18O31/c1-34(2)56(90-62(113)35(3)77-40(8)93)70(121)86-44(22-26-51(98)99)64(115)79-37(5)59(110)84-45(23-27-52(100)101)68(119)91-74(10)29-17-14-12-11-13-16-28-73(9,92-69(120)48(33-55(106)107)87-60(111)38(6)80-66(117)47(32-54(104)105)89-72(74)123)71(122)81-39(7)61(112)83-42(19-15-18-30-75)65(116)88-46(31-53(102)103)67(118)85-43(21-25-50(96)97)63(114)78-36(4)58(109)82-41(57(76)108)20-24-49(94)95/h11-12,34-39,41-48,56H,13-33,75H2,1-10H3,(H2,76,108)(H,77,93)(H,78,114)(H,79,115)(H,80,117)(H,81,122)(H,82,109)(H,83,112)(H,84,110)(H,85,118)(H,86,121)(H,87,111)(H,88,116)(H,89,123)(H,90,113)(H,91,119)(H,92,120)(H,94,95)(H,96,97)(H,98,99)(H,100,101)(H,102,103)(H,104,105)(H,106,107)/b12-11-/t35-,36-,37-,38-,39-,41-,42-,43-,44-,45-,46-,47-,48-,56-,73+,74+/m0/s1. The number of carbonyl (C=O) groups is 24. The molecule has 0 aromatic heterocycles. The first-order chi connectivity index (χ1) is 57.2. The van der Waals surface area contributed by atoms with Gasteiger partial charge in [0.2, 0.25) is 100 Å². The van der Waals surface area contributed by atoms with Crippen LogP contribution in [0.5, 0.6) is 0 Å². The van der Waals surface area contributed by atoms with Crippen molar-refractivity contribution in [3.8, 4) is 0 Å². The van der Waals surface area contributed by atoms with Crippen LogP contribution in [-0.2, 0) is 115 Å². The Labute approximate surface area is 705 Å². The number of carbonyl (C=O) groups excluding carboxylic acids is 17. The van der Waals surface area contributed by atoms with Crippen molar-refractivity contribution in [1.29, 1.82) is 0 Å². The van der Waals surface area contributed by atoms with E-state index >= 15 is 0 Å². The smallest absolute Gasteiger partial charge is 0.305 e. The Morgan fingerprint density at radius 1 is 0.423 bits per heavy atom. The second-order valence-electron chi connectivity index (χ2n) is 30.1. The average molecular weight is 1750 g/mol. The van der Waals surface area contributed by atoms with Crippen LogP contribution in [0.3, 0.4) is 0 Å². The van der Waals surface area contributed by atoms with Gasteiger partial charge in [-0.2, -0.15) is 0 Å². The third-order valence-electron chi connectivity index (χ3n) is 18.9. The van der Waals surface area contributed by atoms with Gasteiger partial charge in [0, 0.05) is 32.6 Å². The highest BCUT2D eigenvalue weighted by Gasteiger charge is 2.44. The van der Waals surface area contributed by atoms with E-state index in [1.54, 1.807) is 12.2 Å². The minimum Gasteiger partial charge on any atom is -0.481 e. The summed E-state index contributed by atoms with van der Waals surface area (Å²) in [5, 5.41) is 104. The lowest BCUT2D eigenvalue weighted by Gasteiger charge is -2.33. The molecule has 123 heavy (non-hydrogen) atoms. The number of rotatable bonds is 47. The monoisotopic (exact) mass is 1750 g/mol. The van der Waals surface area contributed by atoms with E-state index in [9.17, 15) is 146 Å². The summed E-state index contributed by atoms with van der Waals surface area (Å²) in [6.45, 7) is 12.1. The first-order valence-corrected chi connectivity index (χ1v) is 39.2. The molecule has 1 aliphatic rings. The van der Waals surface area contributed by atoms with E-state index in [0.29, 0.717) is 0 Å². The van der Waals surface area contributed by atoms with E-state index < -0.39 is 321 Å². The van der Waals surface area contributed by atoms with Gasteiger partial charge in [-0.25, -0.2) is 0 Å². The van der Waals surface area contributed by atoms with Crippen LogP contribution in [-0.4, -0.2) is 280 Å². The van der Waals surface area contributed by atoms with Crippen molar-refractivity contribution in [2.24, 2.45) is 17.4 Å². The van der Waals surface area contributed by atoms with Crippen molar-refractivity contribution in [3.05, 3.63) is 12.2 Å². The van der Waals surface area contributed by atoms with Crippen LogP contribution in [0.25, 0.3) is 0 Å². The lowest BCUT2D eigenvalue weighted by atomic mass is 9.91. The molecular weight excluding hydrogens is 1640 g/mol. The van der Waals surface area contributed by atoms with E-state index in [-0.39, 0.29) is 57.9 Å². The van der Waals surface area contributed by atoms with Gasteiger partial charge in [0.1, 0.15) is 95.7 Å². The summed E-state index contributed by atoms with van der Waals surface area (Å²) in [5.74, 6) is -31.4. The van der Waals surface area contributed by atoms with Crippen LogP contribution >= 0.6 is 0 Å². The summed E-state index contributed by atoms with van der Waals surface area (Å²) in [4.78, 5) is 316. The van der Waals surface area contributed by atoms with Crippen molar-refractivity contribution < 1.29 is 151 Å². The van der Waals surface area contributed by atoms with Gasteiger partial charge in [0.25, 0.3) is 0 Å². The molecule has 49 nitrogen and oxygen atoms in total. The Balaban J connectivity index is 3.84. The summed E-state index contributed by atoms with van der Waals surface area (Å²) in [6.07, 6.45) is -6.94. The molecule has 688 valence electrons. The lowest BCUT2D eigenvalue weighted by molar-refractivity contribution is -0.143. The molecule has 0 fully saturated rings. The third kappa shape index (κ3) is 40.7. The highest BCUT2D eigenvalue weighted by atomic mass is 16.4. The summed E-state index contributed by atoms with van der Waals surface area (Å²) in [7, 11) is 0. The first-order valence-electron chi connectivity index (χ1n) is 39.2. The molecule has 0 aromatic rings. The molecule has 0 aromatic carbocycles. The first kappa shape index (κ1) is 108. The van der Waals surface area contributed by atoms with Gasteiger partial charge in [-0.3, -0.25) is 115 Å². The molecular formula is C74H116N18O31. The fourth-order valence-electron chi connectivity index (χ4n) is 11.7. The number of aliphatic carboxylic acids is 7. The van der Waals surface area contributed by atoms with Gasteiger partial charge in [-0.1, -0.05) is 26.0 Å². The molecule has 1 rings (SSSR count). The topological polar surface area (TPSA) is 796 Å². The summed E-state index contributed by atoms with van der Waals surface area (Å²) >= 11 is 0. The van der Waals surface area contributed by atoms with E-state index in [2.05, 4.69) is 85.1 Å². The van der Waals surface area contributed by atoms with Crippen LogP contribution in [0.4, 0.5) is 0 Å². The number of hydrogen-bond donors (Lipinski definition) is 25.